The van der Waals surface area contributed by atoms with Crippen molar-refractivity contribution in [3.05, 3.63) is 24.2 Å². The summed E-state index contributed by atoms with van der Waals surface area (Å²) >= 11 is 0. The van der Waals surface area contributed by atoms with E-state index in [4.69, 9.17) is 9.41 Å². The predicted molar refractivity (Wildman–Crippen MR) is 117 cm³/mol. The van der Waals surface area contributed by atoms with Crippen molar-refractivity contribution in [1.29, 1.82) is 0 Å². The van der Waals surface area contributed by atoms with Gasteiger partial charge in [-0.15, -0.1) is 24.0 Å². The maximum absolute atomic E-state index is 12.3. The fourth-order valence-corrected chi connectivity index (χ4v) is 2.59. The van der Waals surface area contributed by atoms with Gasteiger partial charge in [0, 0.05) is 26.7 Å². The van der Waals surface area contributed by atoms with Gasteiger partial charge in [0.2, 0.25) is 5.91 Å². The van der Waals surface area contributed by atoms with Crippen LogP contribution in [-0.4, -0.2) is 80.4 Å². The smallest absolute Gasteiger partial charge is 0.242 e. The molecule has 26 heavy (non-hydrogen) atoms. The van der Waals surface area contributed by atoms with E-state index < -0.39 is 0 Å². The van der Waals surface area contributed by atoms with Crippen LogP contribution in [-0.2, 0) is 4.79 Å². The second kappa shape index (κ2) is 13.0. The highest BCUT2D eigenvalue weighted by Gasteiger charge is 2.19. The van der Waals surface area contributed by atoms with Gasteiger partial charge in [0.15, 0.2) is 5.96 Å². The average molecular weight is 479 g/mol. The van der Waals surface area contributed by atoms with Crippen LogP contribution in [0.1, 0.15) is 32.6 Å². The summed E-state index contributed by atoms with van der Waals surface area (Å²) in [6.07, 6.45) is 1.68. The number of aliphatic imine (C=N–C) groups is 1. The molecule has 0 saturated carbocycles. The van der Waals surface area contributed by atoms with E-state index in [1.165, 1.54) is 0 Å². The lowest BCUT2D eigenvalue weighted by molar-refractivity contribution is -0.131. The highest BCUT2D eigenvalue weighted by atomic mass is 127. The van der Waals surface area contributed by atoms with Crippen LogP contribution in [0, 0.1) is 0 Å². The molecule has 0 fully saturated rings. The van der Waals surface area contributed by atoms with Gasteiger partial charge < -0.3 is 19.5 Å². The summed E-state index contributed by atoms with van der Waals surface area (Å²) in [5.41, 5.74) is 0. The molecule has 0 bridgehead atoms. The summed E-state index contributed by atoms with van der Waals surface area (Å²) in [6, 6.07) is 3.90. The van der Waals surface area contributed by atoms with E-state index in [1.807, 2.05) is 63.8 Å². The van der Waals surface area contributed by atoms with Gasteiger partial charge in [-0.25, -0.2) is 0 Å². The van der Waals surface area contributed by atoms with Crippen LogP contribution in [0.2, 0.25) is 0 Å². The van der Waals surface area contributed by atoms with Crippen molar-refractivity contribution < 1.29 is 9.21 Å². The quantitative estimate of drug-likeness (QED) is 0.335. The van der Waals surface area contributed by atoms with E-state index in [0.717, 1.165) is 31.4 Å². The number of hydrogen-bond acceptors (Lipinski definition) is 4. The topological polar surface area (TPSA) is 64.3 Å². The first-order valence-corrected chi connectivity index (χ1v) is 8.91. The number of nitrogens with zero attached hydrogens (tertiary/aromatic N) is 4. The Morgan fingerprint density at radius 2 is 1.88 bits per heavy atom. The van der Waals surface area contributed by atoms with Gasteiger partial charge in [-0.05, 0) is 47.0 Å². The molecule has 1 aromatic heterocycles. The average Bonchev–Trinajstić information content (AvgIpc) is 3.09. The molecule has 0 radical (unpaired) electrons. The van der Waals surface area contributed by atoms with Gasteiger partial charge in [-0.3, -0.25) is 14.7 Å². The molecule has 0 aliphatic rings. The molecule has 0 aliphatic heterocycles. The van der Waals surface area contributed by atoms with Crippen molar-refractivity contribution >= 4 is 35.8 Å². The number of halogens is 1. The maximum atomic E-state index is 12.3. The van der Waals surface area contributed by atoms with Gasteiger partial charge in [-0.1, -0.05) is 0 Å². The zero-order valence-electron chi connectivity index (χ0n) is 16.9. The first-order valence-electron chi connectivity index (χ1n) is 8.91. The second-order valence-corrected chi connectivity index (χ2v) is 6.11. The molecular weight excluding hydrogens is 445 g/mol. The molecule has 1 aromatic rings. The lowest BCUT2D eigenvalue weighted by Gasteiger charge is -2.26. The normalized spacial score (nSPS) is 12.5. The third-order valence-electron chi connectivity index (χ3n) is 4.09. The van der Waals surface area contributed by atoms with Crippen molar-refractivity contribution in [2.24, 2.45) is 4.99 Å². The molecule has 150 valence electrons. The van der Waals surface area contributed by atoms with Crippen LogP contribution in [0.3, 0.4) is 0 Å². The fourth-order valence-electron chi connectivity index (χ4n) is 2.59. The highest BCUT2D eigenvalue weighted by molar-refractivity contribution is 14.0. The van der Waals surface area contributed by atoms with E-state index in [1.54, 1.807) is 6.26 Å². The molecule has 1 heterocycles. The summed E-state index contributed by atoms with van der Waals surface area (Å²) < 4.78 is 5.53. The van der Waals surface area contributed by atoms with Gasteiger partial charge in [0.1, 0.15) is 5.76 Å². The SMILES string of the molecule is CCNC(=NCC(c1ccco1)N(C)C)N(C)CC(=O)N(CC)CC.I. The van der Waals surface area contributed by atoms with Crippen LogP contribution in [0.15, 0.2) is 27.8 Å². The molecule has 0 spiro atoms. The minimum atomic E-state index is 0. The Kier molecular flexibility index (Phi) is 12.3. The lowest BCUT2D eigenvalue weighted by atomic mass is 10.2. The molecule has 1 unspecified atom stereocenters. The predicted octanol–water partition coefficient (Wildman–Crippen LogP) is 2.27. The number of likely N-dealkylation sites (N-methyl/N-ethyl adjacent to an activating group) is 3. The molecule has 0 saturated heterocycles. The van der Waals surface area contributed by atoms with E-state index in [2.05, 4.69) is 10.2 Å². The fraction of sp³-hybridized carbons (Fsp3) is 0.667. The Balaban J connectivity index is 0.00000625. The minimum absolute atomic E-state index is 0. The minimum Gasteiger partial charge on any atom is -0.468 e. The second-order valence-electron chi connectivity index (χ2n) is 6.11. The van der Waals surface area contributed by atoms with E-state index in [0.29, 0.717) is 13.1 Å². The zero-order valence-corrected chi connectivity index (χ0v) is 19.2. The molecular formula is C18H34IN5O2. The molecule has 8 heteroatoms. The third-order valence-corrected chi connectivity index (χ3v) is 4.09. The van der Waals surface area contributed by atoms with Crippen molar-refractivity contribution in [3.8, 4) is 0 Å². The molecule has 1 amide bonds. The number of rotatable bonds is 9. The van der Waals surface area contributed by atoms with Crippen LogP contribution in [0.4, 0.5) is 0 Å². The third kappa shape index (κ3) is 7.53. The standard InChI is InChI=1S/C18H33N5O2.HI/c1-7-19-18(22(6)14-17(24)23(8-2)9-3)20-13-15(21(4)5)16-11-10-12-25-16;/h10-12,15H,7-9,13-14H2,1-6H3,(H,19,20);1H. The van der Waals surface area contributed by atoms with Crippen molar-refractivity contribution in [3.63, 3.8) is 0 Å². The first kappa shape index (κ1) is 24.7. The Bertz CT molecular complexity index is 530. The maximum Gasteiger partial charge on any atom is 0.242 e. The van der Waals surface area contributed by atoms with Gasteiger partial charge in [0.25, 0.3) is 0 Å². The Morgan fingerprint density at radius 1 is 1.23 bits per heavy atom. The number of amides is 1. The number of carbonyl (C=O) groups is 1. The molecule has 1 N–H and O–H groups in total. The summed E-state index contributed by atoms with van der Waals surface area (Å²) in [6.45, 7) is 9.04. The number of carbonyl (C=O) groups excluding carboxylic acids is 1. The van der Waals surface area contributed by atoms with Gasteiger partial charge in [0.05, 0.1) is 25.4 Å². The molecule has 1 rings (SSSR count). The Hall–Kier alpha value is -1.29. The van der Waals surface area contributed by atoms with E-state index in [-0.39, 0.29) is 35.9 Å². The largest absolute Gasteiger partial charge is 0.468 e. The Morgan fingerprint density at radius 3 is 2.35 bits per heavy atom. The Labute approximate surface area is 174 Å². The van der Waals surface area contributed by atoms with Crippen LogP contribution in [0.25, 0.3) is 0 Å². The van der Waals surface area contributed by atoms with Crippen molar-refractivity contribution in [2.45, 2.75) is 26.8 Å². The number of nitrogens with one attached hydrogen (secondary N) is 1. The molecule has 1 atom stereocenters. The van der Waals surface area contributed by atoms with E-state index in [9.17, 15) is 4.79 Å². The van der Waals surface area contributed by atoms with E-state index >= 15 is 0 Å². The summed E-state index contributed by atoms with van der Waals surface area (Å²) in [5, 5.41) is 3.26. The van der Waals surface area contributed by atoms with Gasteiger partial charge >= 0.3 is 0 Å². The molecule has 0 aliphatic carbocycles. The van der Waals surface area contributed by atoms with Crippen LogP contribution >= 0.6 is 24.0 Å². The highest BCUT2D eigenvalue weighted by Crippen LogP contribution is 2.18. The van der Waals surface area contributed by atoms with Crippen LogP contribution in [0.5, 0.6) is 0 Å². The summed E-state index contributed by atoms with van der Waals surface area (Å²) in [4.78, 5) is 22.8. The summed E-state index contributed by atoms with van der Waals surface area (Å²) in [5.74, 6) is 1.71. The molecule has 0 aromatic carbocycles. The van der Waals surface area contributed by atoms with Crippen molar-refractivity contribution in [1.82, 2.24) is 20.0 Å². The summed E-state index contributed by atoms with van der Waals surface area (Å²) in [7, 11) is 5.90. The zero-order chi connectivity index (χ0) is 18.8. The monoisotopic (exact) mass is 479 g/mol. The van der Waals surface area contributed by atoms with Gasteiger partial charge in [-0.2, -0.15) is 0 Å². The lowest BCUT2D eigenvalue weighted by Crippen LogP contribution is -2.46. The first-order chi connectivity index (χ1) is 11.9. The van der Waals surface area contributed by atoms with Crippen molar-refractivity contribution in [2.75, 3.05) is 53.9 Å². The number of guanidine groups is 1. The number of furan rings is 1. The van der Waals surface area contributed by atoms with Crippen LogP contribution < -0.4 is 5.32 Å². The number of hydrogen-bond donors (Lipinski definition) is 1. The molecule has 7 nitrogen and oxygen atoms in total.